The zero-order valence-electron chi connectivity index (χ0n) is 14.2. The zero-order chi connectivity index (χ0) is 17.6. The van der Waals surface area contributed by atoms with Crippen LogP contribution in [0, 0.1) is 0 Å². The van der Waals surface area contributed by atoms with Gasteiger partial charge >= 0.3 is 6.03 Å². The van der Waals surface area contributed by atoms with E-state index in [0.717, 1.165) is 18.4 Å². The van der Waals surface area contributed by atoms with E-state index in [9.17, 15) is 9.59 Å². The average molecular weight is 342 g/mol. The number of piperidine rings is 1. The summed E-state index contributed by atoms with van der Waals surface area (Å²) in [6.45, 7) is 3.09. The fourth-order valence-electron chi connectivity index (χ4n) is 3.02. The van der Waals surface area contributed by atoms with Gasteiger partial charge in [0.05, 0.1) is 0 Å². The normalized spacial score (nSPS) is 17.2. The van der Waals surface area contributed by atoms with E-state index < -0.39 is 0 Å². The van der Waals surface area contributed by atoms with E-state index in [1.165, 1.54) is 6.92 Å². The Hall–Kier alpha value is -2.90. The fourth-order valence-corrected chi connectivity index (χ4v) is 3.02. The van der Waals surface area contributed by atoms with Crippen LogP contribution in [0.25, 0.3) is 5.82 Å². The van der Waals surface area contributed by atoms with Crippen molar-refractivity contribution in [2.45, 2.75) is 32.4 Å². The van der Waals surface area contributed by atoms with Crippen LogP contribution in [-0.4, -0.2) is 50.7 Å². The summed E-state index contributed by atoms with van der Waals surface area (Å²) < 4.78 is 1.68. The number of nitrogens with one attached hydrogen (secondary N) is 2. The molecule has 2 aromatic heterocycles. The highest BCUT2D eigenvalue weighted by Crippen LogP contribution is 2.12. The molecule has 3 amide bonds. The van der Waals surface area contributed by atoms with Gasteiger partial charge in [-0.05, 0) is 25.0 Å². The number of amides is 3. The maximum Gasteiger partial charge on any atom is 0.317 e. The van der Waals surface area contributed by atoms with Gasteiger partial charge in [0, 0.05) is 56.8 Å². The number of likely N-dealkylation sites (tertiary alicyclic amines) is 1. The van der Waals surface area contributed by atoms with Crippen molar-refractivity contribution in [1.82, 2.24) is 30.3 Å². The third kappa shape index (κ3) is 4.34. The largest absolute Gasteiger partial charge is 0.352 e. The van der Waals surface area contributed by atoms with Gasteiger partial charge in [-0.3, -0.25) is 4.79 Å². The molecule has 1 fully saturated rings. The molecule has 132 valence electrons. The number of carbonyl (C=O) groups is 2. The molecule has 3 rings (SSSR count). The first-order valence-corrected chi connectivity index (χ1v) is 8.37. The molecular formula is C17H22N6O2. The molecule has 1 aliphatic rings. The van der Waals surface area contributed by atoms with Crippen LogP contribution < -0.4 is 10.6 Å². The Balaban J connectivity index is 1.60. The number of pyridine rings is 1. The lowest BCUT2D eigenvalue weighted by Gasteiger charge is -2.33. The van der Waals surface area contributed by atoms with Crippen molar-refractivity contribution < 1.29 is 9.59 Å². The summed E-state index contributed by atoms with van der Waals surface area (Å²) in [6, 6.07) is 5.47. The zero-order valence-corrected chi connectivity index (χ0v) is 14.2. The summed E-state index contributed by atoms with van der Waals surface area (Å²) in [6.07, 6.45) is 6.98. The highest BCUT2D eigenvalue weighted by atomic mass is 16.2. The van der Waals surface area contributed by atoms with E-state index in [1.807, 2.05) is 24.4 Å². The summed E-state index contributed by atoms with van der Waals surface area (Å²) >= 11 is 0. The molecule has 0 aromatic carbocycles. The summed E-state index contributed by atoms with van der Waals surface area (Å²) in [5.41, 5.74) is 0.884. The molecule has 1 saturated heterocycles. The van der Waals surface area contributed by atoms with Crippen molar-refractivity contribution in [1.29, 1.82) is 0 Å². The first-order valence-electron chi connectivity index (χ1n) is 8.37. The SMILES string of the molecule is CC(=O)NC1CCCN(C(=O)NCc2cccnc2-n2cccn2)C1. The van der Waals surface area contributed by atoms with E-state index in [2.05, 4.69) is 20.7 Å². The van der Waals surface area contributed by atoms with Crippen LogP contribution in [0.2, 0.25) is 0 Å². The lowest BCUT2D eigenvalue weighted by molar-refractivity contribution is -0.119. The Kier molecular flexibility index (Phi) is 5.27. The van der Waals surface area contributed by atoms with Gasteiger partial charge in [-0.1, -0.05) is 6.07 Å². The number of carbonyl (C=O) groups excluding carboxylic acids is 2. The van der Waals surface area contributed by atoms with Crippen LogP contribution in [0.15, 0.2) is 36.8 Å². The molecule has 0 bridgehead atoms. The molecule has 1 unspecified atom stereocenters. The van der Waals surface area contributed by atoms with Crippen LogP contribution in [0.3, 0.4) is 0 Å². The Labute approximate surface area is 146 Å². The second-order valence-corrected chi connectivity index (χ2v) is 6.08. The Bertz CT molecular complexity index is 730. The summed E-state index contributed by atoms with van der Waals surface area (Å²) in [5.74, 6) is 0.633. The standard InChI is InChI=1S/C17H22N6O2/c1-13(24)21-15-6-3-9-22(12-15)17(25)19-11-14-5-2-7-18-16(14)23-10-4-8-20-23/h2,4-5,7-8,10,15H,3,6,9,11-12H2,1H3,(H,19,25)(H,21,24). The molecule has 2 aromatic rings. The maximum absolute atomic E-state index is 12.5. The second-order valence-electron chi connectivity index (χ2n) is 6.08. The van der Waals surface area contributed by atoms with E-state index in [4.69, 9.17) is 0 Å². The monoisotopic (exact) mass is 342 g/mol. The molecule has 25 heavy (non-hydrogen) atoms. The molecule has 0 spiro atoms. The van der Waals surface area contributed by atoms with Crippen molar-refractivity contribution in [3.63, 3.8) is 0 Å². The minimum absolute atomic E-state index is 0.0232. The van der Waals surface area contributed by atoms with Crippen molar-refractivity contribution in [3.8, 4) is 5.82 Å². The molecule has 0 aliphatic carbocycles. The van der Waals surface area contributed by atoms with E-state index in [1.54, 1.807) is 22.0 Å². The highest BCUT2D eigenvalue weighted by molar-refractivity contribution is 5.75. The van der Waals surface area contributed by atoms with Gasteiger partial charge in [-0.2, -0.15) is 5.10 Å². The molecule has 1 aliphatic heterocycles. The van der Waals surface area contributed by atoms with Crippen molar-refractivity contribution in [2.75, 3.05) is 13.1 Å². The quantitative estimate of drug-likeness (QED) is 0.869. The van der Waals surface area contributed by atoms with E-state index >= 15 is 0 Å². The molecule has 3 heterocycles. The Morgan fingerprint density at radius 1 is 1.32 bits per heavy atom. The van der Waals surface area contributed by atoms with Gasteiger partial charge in [0.2, 0.25) is 5.91 Å². The van der Waals surface area contributed by atoms with Gasteiger partial charge in [0.15, 0.2) is 5.82 Å². The molecule has 2 N–H and O–H groups in total. The van der Waals surface area contributed by atoms with Crippen molar-refractivity contribution >= 4 is 11.9 Å². The van der Waals surface area contributed by atoms with Crippen LogP contribution in [-0.2, 0) is 11.3 Å². The number of aromatic nitrogens is 3. The first-order chi connectivity index (χ1) is 12.1. The highest BCUT2D eigenvalue weighted by Gasteiger charge is 2.24. The Morgan fingerprint density at radius 2 is 2.20 bits per heavy atom. The number of hydrogen-bond donors (Lipinski definition) is 2. The van der Waals surface area contributed by atoms with E-state index in [-0.39, 0.29) is 18.0 Å². The van der Waals surface area contributed by atoms with Gasteiger partial charge < -0.3 is 15.5 Å². The fraction of sp³-hybridized carbons (Fsp3) is 0.412. The summed E-state index contributed by atoms with van der Waals surface area (Å²) in [7, 11) is 0. The topological polar surface area (TPSA) is 92.2 Å². The van der Waals surface area contributed by atoms with Crippen LogP contribution in [0.5, 0.6) is 0 Å². The predicted molar refractivity (Wildman–Crippen MR) is 92.0 cm³/mol. The third-order valence-electron chi connectivity index (χ3n) is 4.13. The molecule has 8 heteroatoms. The smallest absolute Gasteiger partial charge is 0.317 e. The molecular weight excluding hydrogens is 320 g/mol. The first kappa shape index (κ1) is 16.9. The van der Waals surface area contributed by atoms with Crippen molar-refractivity contribution in [2.24, 2.45) is 0 Å². The number of rotatable bonds is 4. The van der Waals surface area contributed by atoms with Gasteiger partial charge in [0.1, 0.15) is 0 Å². The van der Waals surface area contributed by atoms with Gasteiger partial charge in [-0.15, -0.1) is 0 Å². The van der Waals surface area contributed by atoms with Crippen molar-refractivity contribution in [3.05, 3.63) is 42.4 Å². The second kappa shape index (κ2) is 7.78. The molecule has 0 saturated carbocycles. The lowest BCUT2D eigenvalue weighted by atomic mass is 10.1. The predicted octanol–water partition coefficient (Wildman–Crippen LogP) is 1.08. The van der Waals surface area contributed by atoms with Gasteiger partial charge in [-0.25, -0.2) is 14.5 Å². The minimum Gasteiger partial charge on any atom is -0.352 e. The minimum atomic E-state index is -0.134. The summed E-state index contributed by atoms with van der Waals surface area (Å²) in [4.78, 5) is 29.8. The molecule has 1 atom stereocenters. The Morgan fingerprint density at radius 3 is 2.96 bits per heavy atom. The molecule has 8 nitrogen and oxygen atoms in total. The number of hydrogen-bond acceptors (Lipinski definition) is 4. The van der Waals surface area contributed by atoms with Crippen LogP contribution in [0.4, 0.5) is 4.79 Å². The average Bonchev–Trinajstić information content (AvgIpc) is 3.14. The number of urea groups is 1. The van der Waals surface area contributed by atoms with E-state index in [0.29, 0.717) is 25.5 Å². The third-order valence-corrected chi connectivity index (χ3v) is 4.13. The lowest BCUT2D eigenvalue weighted by Crippen LogP contribution is -2.51. The molecule has 0 radical (unpaired) electrons. The number of nitrogens with zero attached hydrogens (tertiary/aromatic N) is 4. The maximum atomic E-state index is 12.5. The van der Waals surface area contributed by atoms with Crippen LogP contribution in [0.1, 0.15) is 25.3 Å². The van der Waals surface area contributed by atoms with Crippen LogP contribution >= 0.6 is 0 Å². The summed E-state index contributed by atoms with van der Waals surface area (Å²) in [5, 5.41) is 10.0. The van der Waals surface area contributed by atoms with Gasteiger partial charge in [0.25, 0.3) is 0 Å².